The van der Waals surface area contributed by atoms with Crippen LogP contribution in [0.1, 0.15) is 25.7 Å². The van der Waals surface area contributed by atoms with Crippen molar-refractivity contribution in [3.8, 4) is 0 Å². The van der Waals surface area contributed by atoms with E-state index in [1.165, 1.54) is 18.4 Å². The highest BCUT2D eigenvalue weighted by Gasteiger charge is 2.08. The highest BCUT2D eigenvalue weighted by molar-refractivity contribution is 6.36. The predicted molar refractivity (Wildman–Crippen MR) is 75.2 cm³/mol. The number of carbonyl (C=O) groups is 1. The molecule has 0 atom stereocenters. The van der Waals surface area contributed by atoms with Gasteiger partial charge < -0.3 is 10.6 Å². The minimum absolute atomic E-state index is 0.293. The Morgan fingerprint density at radius 3 is 2.61 bits per heavy atom. The van der Waals surface area contributed by atoms with Crippen molar-refractivity contribution in [3.05, 3.63) is 40.0 Å². The van der Waals surface area contributed by atoms with Gasteiger partial charge in [-0.2, -0.15) is 0 Å². The molecule has 1 aromatic rings. The van der Waals surface area contributed by atoms with Crippen molar-refractivity contribution in [1.82, 2.24) is 5.32 Å². The third kappa shape index (κ3) is 3.65. The minimum atomic E-state index is -0.293. The van der Waals surface area contributed by atoms with Crippen LogP contribution in [0.3, 0.4) is 0 Å². The molecule has 0 spiro atoms. The number of rotatable bonds is 2. The standard InChI is InChI=1S/C13H14Cl2N2O/c14-10-5-6-12(11(15)7-10)17-13(18)16-8-9-3-1-2-4-9/h5-8H,1-4H2,(H2,16,17,18). The third-order valence-corrected chi connectivity index (χ3v) is 3.38. The molecule has 0 radical (unpaired) electrons. The monoisotopic (exact) mass is 284 g/mol. The van der Waals surface area contributed by atoms with Crippen molar-refractivity contribution in [2.75, 3.05) is 5.32 Å². The molecular formula is C13H14Cl2N2O. The molecule has 1 aliphatic rings. The molecule has 0 unspecified atom stereocenters. The largest absolute Gasteiger partial charge is 0.323 e. The first-order valence-electron chi connectivity index (χ1n) is 5.85. The van der Waals surface area contributed by atoms with Crippen LogP contribution >= 0.6 is 23.2 Å². The maximum absolute atomic E-state index is 11.6. The molecule has 0 bridgehead atoms. The third-order valence-electron chi connectivity index (χ3n) is 2.83. The molecule has 1 aliphatic carbocycles. The Kier molecular flexibility index (Phi) is 4.50. The van der Waals surface area contributed by atoms with Gasteiger partial charge >= 0.3 is 6.03 Å². The Morgan fingerprint density at radius 2 is 1.94 bits per heavy atom. The molecule has 2 N–H and O–H groups in total. The summed E-state index contributed by atoms with van der Waals surface area (Å²) in [6.45, 7) is 0. The lowest BCUT2D eigenvalue weighted by atomic mass is 10.2. The van der Waals surface area contributed by atoms with Gasteiger partial charge in [0.1, 0.15) is 0 Å². The van der Waals surface area contributed by atoms with E-state index < -0.39 is 0 Å². The molecular weight excluding hydrogens is 271 g/mol. The summed E-state index contributed by atoms with van der Waals surface area (Å²) < 4.78 is 0. The van der Waals surface area contributed by atoms with Gasteiger partial charge in [-0.05, 0) is 43.9 Å². The van der Waals surface area contributed by atoms with Crippen molar-refractivity contribution >= 4 is 34.9 Å². The van der Waals surface area contributed by atoms with E-state index in [0.29, 0.717) is 15.7 Å². The number of amides is 2. The molecule has 1 aromatic carbocycles. The molecule has 2 rings (SSSR count). The first-order chi connectivity index (χ1) is 8.65. The number of halogens is 2. The molecule has 18 heavy (non-hydrogen) atoms. The number of hydrogen-bond acceptors (Lipinski definition) is 1. The summed E-state index contributed by atoms with van der Waals surface area (Å²) in [7, 11) is 0. The van der Waals surface area contributed by atoms with E-state index in [9.17, 15) is 4.79 Å². The van der Waals surface area contributed by atoms with Crippen LogP contribution in [0, 0.1) is 0 Å². The van der Waals surface area contributed by atoms with Gasteiger partial charge in [0.05, 0.1) is 10.7 Å². The van der Waals surface area contributed by atoms with Gasteiger partial charge in [-0.15, -0.1) is 0 Å². The van der Waals surface area contributed by atoms with Crippen LogP contribution in [-0.4, -0.2) is 6.03 Å². The molecule has 1 fully saturated rings. The Morgan fingerprint density at radius 1 is 1.22 bits per heavy atom. The Bertz CT molecular complexity index is 478. The normalized spacial score (nSPS) is 14.4. The lowest BCUT2D eigenvalue weighted by Gasteiger charge is -2.07. The number of hydrogen-bond donors (Lipinski definition) is 2. The number of benzene rings is 1. The van der Waals surface area contributed by atoms with Crippen LogP contribution in [0.15, 0.2) is 30.0 Å². The lowest BCUT2D eigenvalue weighted by molar-refractivity contribution is 0.255. The molecule has 1 saturated carbocycles. The number of allylic oxidation sites excluding steroid dienone is 1. The summed E-state index contributed by atoms with van der Waals surface area (Å²) in [5, 5.41) is 6.35. The van der Waals surface area contributed by atoms with Crippen molar-refractivity contribution < 1.29 is 4.79 Å². The summed E-state index contributed by atoms with van der Waals surface area (Å²) in [6.07, 6.45) is 6.34. The van der Waals surface area contributed by atoms with Crippen LogP contribution in [-0.2, 0) is 0 Å². The molecule has 0 aliphatic heterocycles. The number of nitrogens with one attached hydrogen (secondary N) is 2. The fourth-order valence-electron chi connectivity index (χ4n) is 1.89. The fourth-order valence-corrected chi connectivity index (χ4v) is 2.35. The van der Waals surface area contributed by atoms with E-state index in [1.54, 1.807) is 24.4 Å². The van der Waals surface area contributed by atoms with Gasteiger partial charge in [0.2, 0.25) is 0 Å². The Hall–Kier alpha value is -1.19. The second-order valence-electron chi connectivity index (χ2n) is 4.23. The van der Waals surface area contributed by atoms with Crippen LogP contribution in [0.4, 0.5) is 10.5 Å². The summed E-state index contributed by atoms with van der Waals surface area (Å²) in [6, 6.07) is 4.65. The first-order valence-corrected chi connectivity index (χ1v) is 6.61. The predicted octanol–water partition coefficient (Wildman–Crippen LogP) is 4.57. The zero-order valence-electron chi connectivity index (χ0n) is 9.80. The van der Waals surface area contributed by atoms with Crippen LogP contribution in [0.2, 0.25) is 10.0 Å². The number of urea groups is 1. The van der Waals surface area contributed by atoms with Gasteiger partial charge in [0.15, 0.2) is 0 Å². The molecule has 0 heterocycles. The Balaban J connectivity index is 1.92. The molecule has 96 valence electrons. The zero-order chi connectivity index (χ0) is 13.0. The van der Waals surface area contributed by atoms with Gasteiger partial charge in [-0.1, -0.05) is 28.8 Å². The Labute approximate surface area is 116 Å². The van der Waals surface area contributed by atoms with E-state index in [2.05, 4.69) is 10.6 Å². The van der Waals surface area contributed by atoms with E-state index in [4.69, 9.17) is 23.2 Å². The average Bonchev–Trinajstić information content (AvgIpc) is 2.83. The lowest BCUT2D eigenvalue weighted by Crippen LogP contribution is -2.24. The van der Waals surface area contributed by atoms with E-state index in [0.717, 1.165) is 12.8 Å². The van der Waals surface area contributed by atoms with Crippen molar-refractivity contribution in [3.63, 3.8) is 0 Å². The summed E-state index contributed by atoms with van der Waals surface area (Å²) in [5.74, 6) is 0. The highest BCUT2D eigenvalue weighted by atomic mass is 35.5. The second-order valence-corrected chi connectivity index (χ2v) is 5.08. The molecule has 0 aromatic heterocycles. The van der Waals surface area contributed by atoms with E-state index in [-0.39, 0.29) is 6.03 Å². The fraction of sp³-hybridized carbons (Fsp3) is 0.308. The topological polar surface area (TPSA) is 41.1 Å². The number of carbonyl (C=O) groups excluding carboxylic acids is 1. The van der Waals surface area contributed by atoms with E-state index in [1.807, 2.05) is 0 Å². The van der Waals surface area contributed by atoms with Crippen molar-refractivity contribution in [2.45, 2.75) is 25.7 Å². The number of anilines is 1. The quantitative estimate of drug-likeness (QED) is 0.820. The highest BCUT2D eigenvalue weighted by Crippen LogP contribution is 2.25. The molecule has 2 amide bonds. The smallest absolute Gasteiger partial charge is 0.314 e. The van der Waals surface area contributed by atoms with E-state index >= 15 is 0 Å². The molecule has 3 nitrogen and oxygen atoms in total. The van der Waals surface area contributed by atoms with Crippen LogP contribution in [0.5, 0.6) is 0 Å². The van der Waals surface area contributed by atoms with Gasteiger partial charge in [-0.3, -0.25) is 0 Å². The molecule has 5 heteroatoms. The maximum Gasteiger partial charge on any atom is 0.323 e. The van der Waals surface area contributed by atoms with Gasteiger partial charge in [0, 0.05) is 11.2 Å². The SMILES string of the molecule is O=C(NC=C1CCCC1)Nc1ccc(Cl)cc1Cl. The van der Waals surface area contributed by atoms with Crippen LogP contribution < -0.4 is 10.6 Å². The second kappa shape index (κ2) is 6.12. The molecule has 0 saturated heterocycles. The summed E-state index contributed by atoms with van der Waals surface area (Å²) >= 11 is 11.7. The average molecular weight is 285 g/mol. The summed E-state index contributed by atoms with van der Waals surface area (Å²) in [4.78, 5) is 11.6. The minimum Gasteiger partial charge on any atom is -0.314 e. The first kappa shape index (κ1) is 13.2. The summed E-state index contributed by atoms with van der Waals surface area (Å²) in [5.41, 5.74) is 1.83. The van der Waals surface area contributed by atoms with Crippen molar-refractivity contribution in [2.24, 2.45) is 0 Å². The van der Waals surface area contributed by atoms with Crippen molar-refractivity contribution in [1.29, 1.82) is 0 Å². The zero-order valence-corrected chi connectivity index (χ0v) is 11.3. The van der Waals surface area contributed by atoms with Gasteiger partial charge in [0.25, 0.3) is 0 Å². The van der Waals surface area contributed by atoms with Gasteiger partial charge in [-0.25, -0.2) is 4.79 Å². The van der Waals surface area contributed by atoms with Crippen LogP contribution in [0.25, 0.3) is 0 Å². The maximum atomic E-state index is 11.6.